The van der Waals surface area contributed by atoms with Crippen LogP contribution in [0.2, 0.25) is 0 Å². The Morgan fingerprint density at radius 1 is 1.38 bits per heavy atom. The second-order valence-electron chi connectivity index (χ2n) is 3.41. The van der Waals surface area contributed by atoms with Gasteiger partial charge < -0.3 is 5.73 Å². The Labute approximate surface area is 95.0 Å². The van der Waals surface area contributed by atoms with Gasteiger partial charge in [-0.25, -0.2) is 9.37 Å². The number of anilines is 1. The van der Waals surface area contributed by atoms with Crippen molar-refractivity contribution in [2.75, 3.05) is 5.73 Å². The van der Waals surface area contributed by atoms with Gasteiger partial charge in [0.25, 0.3) is 0 Å². The Hall–Kier alpha value is -1.88. The number of rotatable bonds is 1. The Morgan fingerprint density at radius 2 is 2.25 bits per heavy atom. The van der Waals surface area contributed by atoms with Crippen molar-refractivity contribution in [2.45, 2.75) is 0 Å². The molecule has 3 nitrogen and oxygen atoms in total. The van der Waals surface area contributed by atoms with Crippen molar-refractivity contribution < 1.29 is 4.39 Å². The normalized spacial score (nSPS) is 11.1. The van der Waals surface area contributed by atoms with Crippen molar-refractivity contribution in [3.05, 3.63) is 41.7 Å². The van der Waals surface area contributed by atoms with Crippen LogP contribution >= 0.6 is 11.3 Å². The fraction of sp³-hybridized carbons (Fsp3) is 0. The maximum Gasteiger partial charge on any atom is 0.195 e. The molecule has 80 valence electrons. The van der Waals surface area contributed by atoms with Crippen LogP contribution in [0.25, 0.3) is 16.2 Å². The van der Waals surface area contributed by atoms with Crippen LogP contribution in [-0.2, 0) is 0 Å². The number of imidazole rings is 1. The highest BCUT2D eigenvalue weighted by Gasteiger charge is 2.12. The maximum atomic E-state index is 13.1. The lowest BCUT2D eigenvalue weighted by Gasteiger charge is -1.98. The zero-order valence-electron chi connectivity index (χ0n) is 8.22. The van der Waals surface area contributed by atoms with Crippen LogP contribution in [-0.4, -0.2) is 9.38 Å². The third-order valence-electron chi connectivity index (χ3n) is 2.40. The van der Waals surface area contributed by atoms with Gasteiger partial charge in [-0.3, -0.25) is 4.40 Å². The van der Waals surface area contributed by atoms with Gasteiger partial charge in [0.15, 0.2) is 4.96 Å². The average Bonchev–Trinajstić information content (AvgIpc) is 2.82. The Balaban J connectivity index is 2.25. The van der Waals surface area contributed by atoms with Crippen molar-refractivity contribution in [1.82, 2.24) is 9.38 Å². The molecule has 0 radical (unpaired) electrons. The first-order chi connectivity index (χ1) is 7.75. The second-order valence-corrected chi connectivity index (χ2v) is 4.28. The lowest BCUT2D eigenvalue weighted by atomic mass is 10.1. The van der Waals surface area contributed by atoms with Gasteiger partial charge in [0, 0.05) is 17.1 Å². The molecule has 3 aromatic rings. The number of thiazole rings is 1. The second kappa shape index (κ2) is 3.31. The van der Waals surface area contributed by atoms with E-state index in [1.165, 1.54) is 23.5 Å². The fourth-order valence-corrected chi connectivity index (χ4v) is 2.37. The highest BCUT2D eigenvalue weighted by atomic mass is 32.1. The van der Waals surface area contributed by atoms with Gasteiger partial charge in [0.1, 0.15) is 17.3 Å². The highest BCUT2D eigenvalue weighted by Crippen LogP contribution is 2.28. The molecule has 1 aromatic carbocycles. The topological polar surface area (TPSA) is 43.3 Å². The van der Waals surface area contributed by atoms with Crippen molar-refractivity contribution in [1.29, 1.82) is 0 Å². The first-order valence-electron chi connectivity index (χ1n) is 4.72. The molecule has 0 saturated heterocycles. The zero-order chi connectivity index (χ0) is 11.1. The van der Waals surface area contributed by atoms with E-state index in [0.29, 0.717) is 17.1 Å². The number of halogens is 1. The molecule has 5 heteroatoms. The first kappa shape index (κ1) is 9.35. The van der Waals surface area contributed by atoms with E-state index < -0.39 is 0 Å². The third kappa shape index (κ3) is 1.29. The van der Waals surface area contributed by atoms with Crippen LogP contribution in [0.5, 0.6) is 0 Å². The van der Waals surface area contributed by atoms with Crippen LogP contribution < -0.4 is 5.73 Å². The summed E-state index contributed by atoms with van der Waals surface area (Å²) in [6.07, 6.45) is 1.85. The summed E-state index contributed by atoms with van der Waals surface area (Å²) in [5, 5.41) is 1.91. The summed E-state index contributed by atoms with van der Waals surface area (Å²) in [6.45, 7) is 0. The molecule has 3 rings (SSSR count). The van der Waals surface area contributed by atoms with Gasteiger partial charge in [0.2, 0.25) is 0 Å². The molecule has 0 fully saturated rings. The monoisotopic (exact) mass is 233 g/mol. The number of benzene rings is 1. The number of aromatic nitrogens is 2. The molecule has 0 bridgehead atoms. The molecule has 0 saturated carbocycles. The molecule has 0 unspecified atom stereocenters. The number of fused-ring (bicyclic) bond motifs is 1. The molecule has 0 atom stereocenters. The van der Waals surface area contributed by atoms with Crippen LogP contribution in [0.4, 0.5) is 10.2 Å². The number of nitrogen functional groups attached to an aromatic ring is 1. The summed E-state index contributed by atoms with van der Waals surface area (Å²) in [6, 6.07) is 6.28. The molecule has 0 aliphatic heterocycles. The van der Waals surface area contributed by atoms with E-state index in [1.54, 1.807) is 16.5 Å². The standard InChI is InChI=1S/C11H8FN3S/c12-8-3-1-2-7(6-8)9-10(13)15-4-5-16-11(15)14-9/h1-6H,13H2. The quantitative estimate of drug-likeness (QED) is 0.702. The average molecular weight is 233 g/mol. The van der Waals surface area contributed by atoms with Crippen LogP contribution in [0, 0.1) is 5.82 Å². The third-order valence-corrected chi connectivity index (χ3v) is 3.15. The van der Waals surface area contributed by atoms with Crippen LogP contribution in [0.15, 0.2) is 35.8 Å². The van der Waals surface area contributed by atoms with E-state index in [2.05, 4.69) is 4.98 Å². The number of nitrogens with zero attached hydrogens (tertiary/aromatic N) is 2. The number of hydrogen-bond donors (Lipinski definition) is 1. The zero-order valence-corrected chi connectivity index (χ0v) is 9.04. The van der Waals surface area contributed by atoms with Crippen LogP contribution in [0.1, 0.15) is 0 Å². The lowest BCUT2D eigenvalue weighted by Crippen LogP contribution is -1.92. The molecular weight excluding hydrogens is 225 g/mol. The van der Waals surface area contributed by atoms with E-state index in [-0.39, 0.29) is 5.82 Å². The van der Waals surface area contributed by atoms with Gasteiger partial charge in [-0.1, -0.05) is 12.1 Å². The minimum Gasteiger partial charge on any atom is -0.383 e. The molecule has 2 N–H and O–H groups in total. The number of hydrogen-bond acceptors (Lipinski definition) is 3. The molecule has 0 aliphatic rings. The van der Waals surface area contributed by atoms with E-state index in [9.17, 15) is 4.39 Å². The van der Waals surface area contributed by atoms with E-state index in [0.717, 1.165) is 4.96 Å². The summed E-state index contributed by atoms with van der Waals surface area (Å²) in [5.74, 6) is 0.259. The van der Waals surface area contributed by atoms with Crippen molar-refractivity contribution in [3.63, 3.8) is 0 Å². The van der Waals surface area contributed by atoms with Crippen LogP contribution in [0.3, 0.4) is 0 Å². The number of nitrogens with two attached hydrogens (primary N) is 1. The SMILES string of the molecule is Nc1c(-c2cccc(F)c2)nc2sccn12. The summed E-state index contributed by atoms with van der Waals surface area (Å²) >= 11 is 1.50. The molecule has 0 aliphatic carbocycles. The maximum absolute atomic E-state index is 13.1. The lowest BCUT2D eigenvalue weighted by molar-refractivity contribution is 0.628. The Morgan fingerprint density at radius 3 is 3.00 bits per heavy atom. The summed E-state index contributed by atoms with van der Waals surface area (Å²) in [4.78, 5) is 5.19. The van der Waals surface area contributed by atoms with Gasteiger partial charge in [-0.05, 0) is 12.1 Å². The predicted octanol–water partition coefficient (Wildman–Crippen LogP) is 2.78. The summed E-state index contributed by atoms with van der Waals surface area (Å²) in [5.41, 5.74) is 7.28. The predicted molar refractivity (Wildman–Crippen MR) is 62.9 cm³/mol. The molecular formula is C11H8FN3S. The van der Waals surface area contributed by atoms with Gasteiger partial charge in [0.05, 0.1) is 0 Å². The largest absolute Gasteiger partial charge is 0.383 e. The smallest absolute Gasteiger partial charge is 0.195 e. The first-order valence-corrected chi connectivity index (χ1v) is 5.60. The minimum atomic E-state index is -0.284. The Bertz CT molecular complexity index is 656. The van der Waals surface area contributed by atoms with E-state index >= 15 is 0 Å². The van der Waals surface area contributed by atoms with E-state index in [4.69, 9.17) is 5.73 Å². The summed E-state index contributed by atoms with van der Waals surface area (Å²) < 4.78 is 14.9. The molecule has 0 amide bonds. The van der Waals surface area contributed by atoms with Crippen molar-refractivity contribution >= 4 is 22.1 Å². The van der Waals surface area contributed by atoms with Gasteiger partial charge >= 0.3 is 0 Å². The van der Waals surface area contributed by atoms with Gasteiger partial charge in [-0.15, -0.1) is 11.3 Å². The molecule has 2 aromatic heterocycles. The molecule has 0 spiro atoms. The fourth-order valence-electron chi connectivity index (χ4n) is 1.65. The van der Waals surface area contributed by atoms with Gasteiger partial charge in [-0.2, -0.15) is 0 Å². The van der Waals surface area contributed by atoms with E-state index in [1.807, 2.05) is 11.6 Å². The minimum absolute atomic E-state index is 0.284. The molecule has 16 heavy (non-hydrogen) atoms. The molecule has 2 heterocycles. The Kier molecular flexibility index (Phi) is 1.94. The summed E-state index contributed by atoms with van der Waals surface area (Å²) in [7, 11) is 0. The highest BCUT2D eigenvalue weighted by molar-refractivity contribution is 7.15. The van der Waals surface area contributed by atoms with Crippen molar-refractivity contribution in [3.8, 4) is 11.3 Å². The van der Waals surface area contributed by atoms with Crippen molar-refractivity contribution in [2.24, 2.45) is 0 Å².